The van der Waals surface area contributed by atoms with Gasteiger partial charge in [-0.2, -0.15) is 0 Å². The summed E-state index contributed by atoms with van der Waals surface area (Å²) in [6.07, 6.45) is 1.45. The first-order chi connectivity index (χ1) is 12.6. The van der Waals surface area contributed by atoms with Crippen LogP contribution in [0.1, 0.15) is 17.5 Å². The van der Waals surface area contributed by atoms with E-state index in [0.717, 1.165) is 10.6 Å². The summed E-state index contributed by atoms with van der Waals surface area (Å²) >= 11 is 1.42. The minimum atomic E-state index is -0.313. The Morgan fingerprint density at radius 1 is 0.923 bits per heavy atom. The first-order valence-electron chi connectivity index (χ1n) is 8.09. The van der Waals surface area contributed by atoms with Crippen LogP contribution >= 0.6 is 11.8 Å². The zero-order chi connectivity index (χ0) is 18.4. The molecule has 0 saturated heterocycles. The van der Waals surface area contributed by atoms with Crippen molar-refractivity contribution >= 4 is 35.0 Å². The Labute approximate surface area is 155 Å². The molecule has 0 aliphatic rings. The maximum atomic E-state index is 12.3. The Morgan fingerprint density at radius 2 is 1.69 bits per heavy atom. The van der Waals surface area contributed by atoms with Crippen LogP contribution in [0.15, 0.2) is 82.3 Å². The zero-order valence-corrected chi connectivity index (χ0v) is 15.0. The van der Waals surface area contributed by atoms with Crippen molar-refractivity contribution in [1.82, 2.24) is 0 Å². The van der Waals surface area contributed by atoms with Gasteiger partial charge in [0.15, 0.2) is 5.76 Å². The topological polar surface area (TPSA) is 71.3 Å². The quantitative estimate of drug-likeness (QED) is 0.623. The van der Waals surface area contributed by atoms with Gasteiger partial charge in [-0.1, -0.05) is 24.3 Å². The summed E-state index contributed by atoms with van der Waals surface area (Å²) in [6, 6.07) is 20.0. The monoisotopic (exact) mass is 366 g/mol. The van der Waals surface area contributed by atoms with Crippen LogP contribution in [-0.2, 0) is 4.79 Å². The maximum Gasteiger partial charge on any atom is 0.291 e. The molecule has 5 nitrogen and oxygen atoms in total. The standard InChI is InChI=1S/C20H18N2O3S/c1-14(19(23)21-15-7-3-2-4-8-15)26-17-10-5-9-16(13-17)22-20(24)18-11-6-12-25-18/h2-14H,1H3,(H,21,23)(H,22,24). The predicted molar refractivity (Wildman–Crippen MR) is 103 cm³/mol. The van der Waals surface area contributed by atoms with Crippen molar-refractivity contribution in [2.24, 2.45) is 0 Å². The highest BCUT2D eigenvalue weighted by Crippen LogP contribution is 2.27. The molecule has 2 aromatic carbocycles. The smallest absolute Gasteiger partial charge is 0.291 e. The molecule has 1 atom stereocenters. The zero-order valence-electron chi connectivity index (χ0n) is 14.1. The third kappa shape index (κ3) is 4.77. The number of nitrogens with one attached hydrogen (secondary N) is 2. The summed E-state index contributed by atoms with van der Waals surface area (Å²) in [5, 5.41) is 5.38. The lowest BCUT2D eigenvalue weighted by Crippen LogP contribution is -2.22. The molecule has 1 heterocycles. The number of rotatable bonds is 6. The number of carbonyl (C=O) groups is 2. The third-order valence-corrected chi connectivity index (χ3v) is 4.65. The van der Waals surface area contributed by atoms with Gasteiger partial charge in [0, 0.05) is 16.3 Å². The second-order valence-corrected chi connectivity index (χ2v) is 6.99. The summed E-state index contributed by atoms with van der Waals surface area (Å²) in [7, 11) is 0. The highest BCUT2D eigenvalue weighted by molar-refractivity contribution is 8.00. The van der Waals surface area contributed by atoms with Crippen LogP contribution in [0.2, 0.25) is 0 Å². The fourth-order valence-electron chi connectivity index (χ4n) is 2.27. The molecule has 1 aromatic heterocycles. The van der Waals surface area contributed by atoms with Gasteiger partial charge in [0.1, 0.15) is 0 Å². The Bertz CT molecular complexity index is 879. The second-order valence-electron chi connectivity index (χ2n) is 5.57. The van der Waals surface area contributed by atoms with E-state index in [-0.39, 0.29) is 22.8 Å². The number of anilines is 2. The van der Waals surface area contributed by atoms with E-state index < -0.39 is 0 Å². The van der Waals surface area contributed by atoms with Gasteiger partial charge in [0.25, 0.3) is 5.91 Å². The van der Waals surface area contributed by atoms with Crippen molar-refractivity contribution in [3.8, 4) is 0 Å². The minimum Gasteiger partial charge on any atom is -0.459 e. The highest BCUT2D eigenvalue weighted by atomic mass is 32.2. The average molecular weight is 366 g/mol. The molecule has 0 bridgehead atoms. The minimum absolute atomic E-state index is 0.0776. The number of para-hydroxylation sites is 1. The van der Waals surface area contributed by atoms with Gasteiger partial charge < -0.3 is 15.1 Å². The van der Waals surface area contributed by atoms with E-state index in [1.54, 1.807) is 18.2 Å². The van der Waals surface area contributed by atoms with Crippen molar-refractivity contribution < 1.29 is 14.0 Å². The summed E-state index contributed by atoms with van der Waals surface area (Å²) in [5.74, 6) is -0.142. The number of hydrogen-bond acceptors (Lipinski definition) is 4. The van der Waals surface area contributed by atoms with Crippen LogP contribution in [0.4, 0.5) is 11.4 Å². The third-order valence-electron chi connectivity index (χ3n) is 3.56. The Hall–Kier alpha value is -2.99. The molecule has 2 amide bonds. The van der Waals surface area contributed by atoms with Crippen LogP contribution in [0.25, 0.3) is 0 Å². The number of benzene rings is 2. The molecule has 132 valence electrons. The van der Waals surface area contributed by atoms with Crippen molar-refractivity contribution in [3.05, 3.63) is 78.8 Å². The average Bonchev–Trinajstić information content (AvgIpc) is 3.17. The van der Waals surface area contributed by atoms with Crippen LogP contribution in [-0.4, -0.2) is 17.1 Å². The van der Waals surface area contributed by atoms with Crippen molar-refractivity contribution in [2.45, 2.75) is 17.1 Å². The van der Waals surface area contributed by atoms with E-state index in [0.29, 0.717) is 5.69 Å². The van der Waals surface area contributed by atoms with Gasteiger partial charge in [-0.3, -0.25) is 9.59 Å². The molecule has 3 aromatic rings. The largest absolute Gasteiger partial charge is 0.459 e. The molecule has 0 spiro atoms. The lowest BCUT2D eigenvalue weighted by atomic mass is 10.3. The van der Waals surface area contributed by atoms with E-state index in [9.17, 15) is 9.59 Å². The fourth-order valence-corrected chi connectivity index (χ4v) is 3.20. The molecule has 26 heavy (non-hydrogen) atoms. The molecule has 0 fully saturated rings. The number of furan rings is 1. The number of thioether (sulfide) groups is 1. The Kier molecular flexibility index (Phi) is 5.76. The predicted octanol–water partition coefficient (Wildman–Crippen LogP) is 4.65. The number of hydrogen-bond donors (Lipinski definition) is 2. The molecule has 0 saturated carbocycles. The van der Waals surface area contributed by atoms with Crippen molar-refractivity contribution in [3.63, 3.8) is 0 Å². The van der Waals surface area contributed by atoms with Crippen molar-refractivity contribution in [2.75, 3.05) is 10.6 Å². The first kappa shape index (κ1) is 17.8. The molecule has 0 aliphatic carbocycles. The lowest BCUT2D eigenvalue weighted by molar-refractivity contribution is -0.115. The van der Waals surface area contributed by atoms with Crippen LogP contribution in [0, 0.1) is 0 Å². The molecule has 2 N–H and O–H groups in total. The van der Waals surface area contributed by atoms with Crippen molar-refractivity contribution in [1.29, 1.82) is 0 Å². The fraction of sp³-hybridized carbons (Fsp3) is 0.100. The van der Waals surface area contributed by atoms with Crippen LogP contribution in [0.5, 0.6) is 0 Å². The second kappa shape index (κ2) is 8.40. The van der Waals surface area contributed by atoms with E-state index >= 15 is 0 Å². The van der Waals surface area contributed by atoms with Gasteiger partial charge in [0.2, 0.25) is 5.91 Å². The summed E-state index contributed by atoms with van der Waals surface area (Å²) in [5.41, 5.74) is 1.41. The SMILES string of the molecule is CC(Sc1cccc(NC(=O)c2ccco2)c1)C(=O)Nc1ccccc1. The normalized spacial score (nSPS) is 11.6. The Morgan fingerprint density at radius 3 is 2.42 bits per heavy atom. The van der Waals surface area contributed by atoms with Crippen LogP contribution in [0.3, 0.4) is 0 Å². The first-order valence-corrected chi connectivity index (χ1v) is 8.97. The summed E-state index contributed by atoms with van der Waals surface area (Å²) in [4.78, 5) is 25.3. The molecular weight excluding hydrogens is 348 g/mol. The van der Waals surface area contributed by atoms with E-state index in [4.69, 9.17) is 4.42 Å². The summed E-state index contributed by atoms with van der Waals surface area (Å²) < 4.78 is 5.08. The number of carbonyl (C=O) groups excluding carboxylic acids is 2. The molecule has 6 heteroatoms. The number of amides is 2. The van der Waals surface area contributed by atoms with E-state index in [2.05, 4.69) is 10.6 Å². The molecular formula is C20H18N2O3S. The maximum absolute atomic E-state index is 12.3. The van der Waals surface area contributed by atoms with Gasteiger partial charge in [-0.25, -0.2) is 0 Å². The van der Waals surface area contributed by atoms with E-state index in [1.807, 2.05) is 55.5 Å². The van der Waals surface area contributed by atoms with Crippen LogP contribution < -0.4 is 10.6 Å². The van der Waals surface area contributed by atoms with Gasteiger partial charge in [-0.05, 0) is 49.4 Å². The van der Waals surface area contributed by atoms with Gasteiger partial charge in [0.05, 0.1) is 11.5 Å². The highest BCUT2D eigenvalue weighted by Gasteiger charge is 2.15. The summed E-state index contributed by atoms with van der Waals surface area (Å²) in [6.45, 7) is 1.84. The Balaban J connectivity index is 1.61. The molecule has 0 aliphatic heterocycles. The van der Waals surface area contributed by atoms with Gasteiger partial charge in [-0.15, -0.1) is 11.8 Å². The van der Waals surface area contributed by atoms with Gasteiger partial charge >= 0.3 is 0 Å². The molecule has 0 radical (unpaired) electrons. The lowest BCUT2D eigenvalue weighted by Gasteiger charge is -2.13. The molecule has 1 unspecified atom stereocenters. The molecule has 3 rings (SSSR count). The van der Waals surface area contributed by atoms with E-state index in [1.165, 1.54) is 18.0 Å².